The van der Waals surface area contributed by atoms with Crippen molar-refractivity contribution < 1.29 is 4.42 Å². The van der Waals surface area contributed by atoms with Crippen LogP contribution in [-0.4, -0.2) is 4.98 Å². The Morgan fingerprint density at radius 1 is 1.33 bits per heavy atom. The van der Waals surface area contributed by atoms with Crippen molar-refractivity contribution in [2.75, 3.05) is 0 Å². The summed E-state index contributed by atoms with van der Waals surface area (Å²) in [5, 5.41) is 1.06. The average Bonchev–Trinajstić information content (AvgIpc) is 2.54. The Bertz CT molecular complexity index is 351. The zero-order valence-electron chi connectivity index (χ0n) is 7.66. The fraction of sp³-hybridized carbons (Fsp3) is 0.300. The molecule has 2 rings (SSSR count). The third kappa shape index (κ3) is 1.64. The van der Waals surface area contributed by atoms with Gasteiger partial charge in [-0.1, -0.05) is 13.8 Å². The third-order valence-electron chi connectivity index (χ3n) is 1.47. The highest BCUT2D eigenvalue weighted by molar-refractivity contribution is 5.75. The highest BCUT2D eigenvalue weighted by Crippen LogP contribution is 2.13. The molecule has 0 saturated heterocycles. The molecule has 2 heterocycles. The monoisotopic (exact) mass is 163 g/mol. The molecule has 2 aromatic heterocycles. The van der Waals surface area contributed by atoms with Crippen molar-refractivity contribution in [2.45, 2.75) is 20.8 Å². The molecule has 0 saturated carbocycles. The minimum atomic E-state index is 0.910. The van der Waals surface area contributed by atoms with Crippen LogP contribution in [0, 0.1) is 6.92 Å². The predicted molar refractivity (Wildman–Crippen MR) is 50.1 cm³/mol. The topological polar surface area (TPSA) is 26.0 Å². The van der Waals surface area contributed by atoms with Crippen LogP contribution in [0.25, 0.3) is 11.0 Å². The molecule has 64 valence electrons. The van der Waals surface area contributed by atoms with E-state index in [1.165, 1.54) is 0 Å². The lowest BCUT2D eigenvalue weighted by atomic mass is 10.3. The number of pyridine rings is 1. The van der Waals surface area contributed by atoms with Crippen molar-refractivity contribution in [1.29, 1.82) is 0 Å². The van der Waals surface area contributed by atoms with Crippen LogP contribution in [0.3, 0.4) is 0 Å². The molecule has 0 bridgehead atoms. The largest absolute Gasteiger partial charge is 0.464 e. The van der Waals surface area contributed by atoms with Gasteiger partial charge in [-0.15, -0.1) is 0 Å². The summed E-state index contributed by atoms with van der Waals surface area (Å²) in [7, 11) is 0. The maximum absolute atomic E-state index is 5.16. The minimum absolute atomic E-state index is 0.910. The molecule has 0 radical (unpaired) electrons. The van der Waals surface area contributed by atoms with Crippen molar-refractivity contribution in [3.63, 3.8) is 0 Å². The molecule has 0 N–H and O–H groups in total. The van der Waals surface area contributed by atoms with E-state index in [4.69, 9.17) is 4.42 Å². The fourth-order valence-electron chi connectivity index (χ4n) is 0.953. The second-order valence-electron chi connectivity index (χ2n) is 2.28. The SMILES string of the molecule is CC.Cc1cc2occc2cn1. The summed E-state index contributed by atoms with van der Waals surface area (Å²) in [5.74, 6) is 0. The number of furan rings is 1. The summed E-state index contributed by atoms with van der Waals surface area (Å²) in [6.45, 7) is 5.95. The van der Waals surface area contributed by atoms with Gasteiger partial charge in [0.15, 0.2) is 0 Å². The molecule has 0 atom stereocenters. The first kappa shape index (κ1) is 8.78. The Balaban J connectivity index is 0.000000336. The van der Waals surface area contributed by atoms with E-state index in [0.29, 0.717) is 0 Å². The van der Waals surface area contributed by atoms with Gasteiger partial charge in [-0.05, 0) is 13.0 Å². The first-order valence-corrected chi connectivity index (χ1v) is 4.16. The van der Waals surface area contributed by atoms with Crippen LogP contribution < -0.4 is 0 Å². The van der Waals surface area contributed by atoms with Gasteiger partial charge in [-0.25, -0.2) is 0 Å². The van der Waals surface area contributed by atoms with E-state index in [-0.39, 0.29) is 0 Å². The van der Waals surface area contributed by atoms with Crippen LogP contribution in [0.5, 0.6) is 0 Å². The lowest BCUT2D eigenvalue weighted by molar-refractivity contribution is 0.615. The number of hydrogen-bond acceptors (Lipinski definition) is 2. The van der Waals surface area contributed by atoms with Gasteiger partial charge in [0.25, 0.3) is 0 Å². The van der Waals surface area contributed by atoms with E-state index in [9.17, 15) is 0 Å². The molecule has 2 heteroatoms. The molecule has 0 fully saturated rings. The molecule has 0 aliphatic heterocycles. The normalized spacial score (nSPS) is 9.25. The summed E-state index contributed by atoms with van der Waals surface area (Å²) in [4.78, 5) is 4.12. The van der Waals surface area contributed by atoms with Crippen molar-refractivity contribution in [1.82, 2.24) is 4.98 Å². The summed E-state index contributed by atoms with van der Waals surface area (Å²) >= 11 is 0. The zero-order valence-corrected chi connectivity index (χ0v) is 7.66. The van der Waals surface area contributed by atoms with E-state index >= 15 is 0 Å². The zero-order chi connectivity index (χ0) is 8.97. The van der Waals surface area contributed by atoms with Gasteiger partial charge in [0.05, 0.1) is 6.26 Å². The Hall–Kier alpha value is -1.31. The average molecular weight is 163 g/mol. The Kier molecular flexibility index (Phi) is 2.86. The van der Waals surface area contributed by atoms with E-state index in [1.54, 1.807) is 6.26 Å². The molecule has 2 aromatic rings. The van der Waals surface area contributed by atoms with Gasteiger partial charge in [0, 0.05) is 23.3 Å². The quantitative estimate of drug-likeness (QED) is 0.596. The standard InChI is InChI=1S/C8H7NO.C2H6/c1-6-4-8-7(5-9-6)2-3-10-8;1-2/h2-5H,1H3;1-2H3. The number of aryl methyl sites for hydroxylation is 1. The lowest BCUT2D eigenvalue weighted by Crippen LogP contribution is -1.76. The molecule has 0 amide bonds. The number of aromatic nitrogens is 1. The molecule has 12 heavy (non-hydrogen) atoms. The number of hydrogen-bond donors (Lipinski definition) is 0. The van der Waals surface area contributed by atoms with Gasteiger partial charge in [-0.3, -0.25) is 4.98 Å². The smallest absolute Gasteiger partial charge is 0.137 e. The van der Waals surface area contributed by atoms with E-state index in [2.05, 4.69) is 4.98 Å². The van der Waals surface area contributed by atoms with Crippen molar-refractivity contribution in [3.8, 4) is 0 Å². The molecule has 0 unspecified atom stereocenters. The lowest BCUT2D eigenvalue weighted by Gasteiger charge is -1.88. The Morgan fingerprint density at radius 2 is 2.08 bits per heavy atom. The summed E-state index contributed by atoms with van der Waals surface area (Å²) in [6, 6.07) is 3.83. The molecule has 0 aliphatic rings. The molecule has 0 aliphatic carbocycles. The highest BCUT2D eigenvalue weighted by Gasteiger charge is 1.94. The number of fused-ring (bicyclic) bond motifs is 1. The van der Waals surface area contributed by atoms with Crippen molar-refractivity contribution >= 4 is 11.0 Å². The van der Waals surface area contributed by atoms with Gasteiger partial charge in [-0.2, -0.15) is 0 Å². The second-order valence-corrected chi connectivity index (χ2v) is 2.28. The van der Waals surface area contributed by atoms with E-state index in [0.717, 1.165) is 16.7 Å². The van der Waals surface area contributed by atoms with Crippen LogP contribution in [0.1, 0.15) is 19.5 Å². The van der Waals surface area contributed by atoms with Gasteiger partial charge >= 0.3 is 0 Å². The summed E-state index contributed by atoms with van der Waals surface area (Å²) in [6.07, 6.45) is 3.49. The van der Waals surface area contributed by atoms with E-state index in [1.807, 2.05) is 39.1 Å². The third-order valence-corrected chi connectivity index (χ3v) is 1.47. The summed E-state index contributed by atoms with van der Waals surface area (Å²) in [5.41, 5.74) is 1.90. The van der Waals surface area contributed by atoms with Crippen LogP contribution in [0.2, 0.25) is 0 Å². The van der Waals surface area contributed by atoms with Crippen molar-refractivity contribution in [3.05, 3.63) is 30.3 Å². The molecular formula is C10H13NO. The fourth-order valence-corrected chi connectivity index (χ4v) is 0.953. The molecule has 2 nitrogen and oxygen atoms in total. The highest BCUT2D eigenvalue weighted by atomic mass is 16.3. The van der Waals surface area contributed by atoms with Gasteiger partial charge in [0.2, 0.25) is 0 Å². The van der Waals surface area contributed by atoms with Gasteiger partial charge in [0.1, 0.15) is 5.58 Å². The molecular weight excluding hydrogens is 150 g/mol. The predicted octanol–water partition coefficient (Wildman–Crippen LogP) is 3.16. The molecule has 0 spiro atoms. The second kappa shape index (κ2) is 3.90. The Labute approximate surface area is 72.2 Å². The Morgan fingerprint density at radius 3 is 2.83 bits per heavy atom. The molecule has 0 aromatic carbocycles. The van der Waals surface area contributed by atoms with Gasteiger partial charge < -0.3 is 4.42 Å². The van der Waals surface area contributed by atoms with Crippen LogP contribution in [0.4, 0.5) is 0 Å². The summed E-state index contributed by atoms with van der Waals surface area (Å²) < 4.78 is 5.16. The maximum Gasteiger partial charge on any atom is 0.137 e. The van der Waals surface area contributed by atoms with E-state index < -0.39 is 0 Å². The first-order chi connectivity index (χ1) is 5.86. The minimum Gasteiger partial charge on any atom is -0.464 e. The van der Waals surface area contributed by atoms with Crippen LogP contribution in [0.15, 0.2) is 29.0 Å². The van der Waals surface area contributed by atoms with Crippen LogP contribution >= 0.6 is 0 Å². The maximum atomic E-state index is 5.16. The van der Waals surface area contributed by atoms with Crippen LogP contribution in [-0.2, 0) is 0 Å². The van der Waals surface area contributed by atoms with Crippen molar-refractivity contribution in [2.24, 2.45) is 0 Å². The number of nitrogens with zero attached hydrogens (tertiary/aromatic N) is 1. The number of rotatable bonds is 0. The first-order valence-electron chi connectivity index (χ1n) is 4.16.